The average molecular weight is 344 g/mol. The standard InChI is InChI=1S/C16H14ClN5O2/c1-24-13-4-2-3-11(9-13)19-16(23)14-15(18)22(21-20-14)12-7-5-10(17)6-8-12/h2-9H,18H2,1H3,(H,19,23). The SMILES string of the molecule is COc1cccc(NC(=O)c2nnn(-c3ccc(Cl)cc3)c2N)c1. The van der Waals surface area contributed by atoms with E-state index in [4.69, 9.17) is 22.1 Å². The molecule has 0 atom stereocenters. The van der Waals surface area contributed by atoms with Crippen LogP contribution < -0.4 is 15.8 Å². The van der Waals surface area contributed by atoms with Crippen molar-refractivity contribution in [2.45, 2.75) is 0 Å². The number of carbonyl (C=O) groups excluding carboxylic acids is 1. The van der Waals surface area contributed by atoms with Crippen LogP contribution in [0, 0.1) is 0 Å². The molecule has 122 valence electrons. The molecule has 1 heterocycles. The number of rotatable bonds is 4. The number of aromatic nitrogens is 3. The first-order valence-electron chi connectivity index (χ1n) is 7.01. The van der Waals surface area contributed by atoms with Crippen LogP contribution >= 0.6 is 11.6 Å². The predicted molar refractivity (Wildman–Crippen MR) is 91.7 cm³/mol. The monoisotopic (exact) mass is 343 g/mol. The second kappa shape index (κ2) is 6.59. The molecule has 0 aliphatic heterocycles. The Hall–Kier alpha value is -3.06. The second-order valence-corrected chi connectivity index (χ2v) is 5.33. The zero-order valence-electron chi connectivity index (χ0n) is 12.7. The summed E-state index contributed by atoms with van der Waals surface area (Å²) in [7, 11) is 1.55. The Balaban J connectivity index is 1.84. The predicted octanol–water partition coefficient (Wildman–Crippen LogP) is 2.76. The topological polar surface area (TPSA) is 95.1 Å². The number of hydrogen-bond donors (Lipinski definition) is 2. The molecule has 0 spiro atoms. The Bertz CT molecular complexity index is 876. The number of amides is 1. The highest BCUT2D eigenvalue weighted by molar-refractivity contribution is 6.30. The summed E-state index contributed by atoms with van der Waals surface area (Å²) in [5, 5.41) is 11.1. The molecule has 3 rings (SSSR count). The van der Waals surface area contributed by atoms with Gasteiger partial charge in [-0.3, -0.25) is 4.79 Å². The van der Waals surface area contributed by atoms with E-state index in [1.165, 1.54) is 4.68 Å². The largest absolute Gasteiger partial charge is 0.497 e. The fourth-order valence-electron chi connectivity index (χ4n) is 2.12. The summed E-state index contributed by atoms with van der Waals surface area (Å²) in [6, 6.07) is 13.8. The van der Waals surface area contributed by atoms with Crippen molar-refractivity contribution in [1.82, 2.24) is 15.0 Å². The first kappa shape index (κ1) is 15.8. The van der Waals surface area contributed by atoms with Crippen LogP contribution in [0.5, 0.6) is 5.75 Å². The van der Waals surface area contributed by atoms with Crippen LogP contribution in [0.4, 0.5) is 11.5 Å². The summed E-state index contributed by atoms with van der Waals surface area (Å²) in [6.07, 6.45) is 0. The Morgan fingerprint density at radius 3 is 2.71 bits per heavy atom. The van der Waals surface area contributed by atoms with E-state index in [0.29, 0.717) is 22.1 Å². The highest BCUT2D eigenvalue weighted by atomic mass is 35.5. The molecule has 7 nitrogen and oxygen atoms in total. The van der Waals surface area contributed by atoms with Gasteiger partial charge in [0.15, 0.2) is 11.5 Å². The molecule has 0 saturated carbocycles. The minimum atomic E-state index is -0.457. The highest BCUT2D eigenvalue weighted by Gasteiger charge is 2.18. The van der Waals surface area contributed by atoms with Crippen LogP contribution in [-0.2, 0) is 0 Å². The Kier molecular flexibility index (Phi) is 4.35. The average Bonchev–Trinajstić information content (AvgIpc) is 2.97. The van der Waals surface area contributed by atoms with Gasteiger partial charge in [0.05, 0.1) is 12.8 Å². The number of nitrogens with two attached hydrogens (primary N) is 1. The molecule has 8 heteroatoms. The van der Waals surface area contributed by atoms with E-state index in [9.17, 15) is 4.79 Å². The van der Waals surface area contributed by atoms with Crippen molar-refractivity contribution in [3.8, 4) is 11.4 Å². The van der Waals surface area contributed by atoms with Crippen molar-refractivity contribution in [3.05, 3.63) is 59.2 Å². The lowest BCUT2D eigenvalue weighted by Gasteiger charge is -2.06. The first-order chi connectivity index (χ1) is 11.6. The van der Waals surface area contributed by atoms with E-state index < -0.39 is 5.91 Å². The van der Waals surface area contributed by atoms with Gasteiger partial charge in [-0.1, -0.05) is 22.9 Å². The van der Waals surface area contributed by atoms with E-state index in [0.717, 1.165) is 0 Å². The van der Waals surface area contributed by atoms with Gasteiger partial charge in [0, 0.05) is 16.8 Å². The molecule has 0 bridgehead atoms. The smallest absolute Gasteiger partial charge is 0.280 e. The van der Waals surface area contributed by atoms with Gasteiger partial charge in [-0.15, -0.1) is 5.10 Å². The number of nitrogens with one attached hydrogen (secondary N) is 1. The second-order valence-electron chi connectivity index (χ2n) is 4.90. The highest BCUT2D eigenvalue weighted by Crippen LogP contribution is 2.20. The van der Waals surface area contributed by atoms with Gasteiger partial charge in [0.2, 0.25) is 0 Å². The Labute approximate surface area is 143 Å². The number of nitrogens with zero attached hydrogens (tertiary/aromatic N) is 3. The molecule has 0 aliphatic carbocycles. The van der Waals surface area contributed by atoms with E-state index in [1.807, 2.05) is 0 Å². The molecule has 0 fully saturated rings. The van der Waals surface area contributed by atoms with Crippen LogP contribution in [0.15, 0.2) is 48.5 Å². The lowest BCUT2D eigenvalue weighted by atomic mass is 10.3. The summed E-state index contributed by atoms with van der Waals surface area (Å²) in [4.78, 5) is 12.4. The third-order valence-electron chi connectivity index (χ3n) is 3.32. The zero-order valence-corrected chi connectivity index (χ0v) is 13.5. The molecule has 3 aromatic rings. The van der Waals surface area contributed by atoms with Crippen molar-refractivity contribution in [2.24, 2.45) is 0 Å². The summed E-state index contributed by atoms with van der Waals surface area (Å²) < 4.78 is 6.49. The molecule has 0 saturated heterocycles. The third kappa shape index (κ3) is 3.16. The van der Waals surface area contributed by atoms with Crippen LogP contribution in [-0.4, -0.2) is 28.0 Å². The van der Waals surface area contributed by atoms with Crippen LogP contribution in [0.25, 0.3) is 5.69 Å². The maximum absolute atomic E-state index is 12.4. The number of ether oxygens (including phenoxy) is 1. The number of hydrogen-bond acceptors (Lipinski definition) is 5. The molecule has 0 unspecified atom stereocenters. The summed E-state index contributed by atoms with van der Waals surface area (Å²) in [5.74, 6) is 0.310. The maximum Gasteiger partial charge on any atom is 0.280 e. The minimum absolute atomic E-state index is 0.0350. The van der Waals surface area contributed by atoms with E-state index in [-0.39, 0.29) is 11.5 Å². The van der Waals surface area contributed by atoms with Gasteiger partial charge in [0.1, 0.15) is 5.75 Å². The Morgan fingerprint density at radius 2 is 2.00 bits per heavy atom. The van der Waals surface area contributed by atoms with Gasteiger partial charge in [-0.2, -0.15) is 4.68 Å². The van der Waals surface area contributed by atoms with Gasteiger partial charge in [-0.25, -0.2) is 0 Å². The van der Waals surface area contributed by atoms with Crippen molar-refractivity contribution in [2.75, 3.05) is 18.2 Å². The molecule has 0 radical (unpaired) electrons. The van der Waals surface area contributed by atoms with Crippen molar-refractivity contribution in [3.63, 3.8) is 0 Å². The number of halogens is 1. The number of benzene rings is 2. The quantitative estimate of drug-likeness (QED) is 0.759. The molecule has 2 aromatic carbocycles. The minimum Gasteiger partial charge on any atom is -0.497 e. The number of nitrogen functional groups attached to an aromatic ring is 1. The third-order valence-corrected chi connectivity index (χ3v) is 3.57. The lowest BCUT2D eigenvalue weighted by Crippen LogP contribution is -2.15. The fourth-order valence-corrected chi connectivity index (χ4v) is 2.24. The summed E-state index contributed by atoms with van der Waals surface area (Å²) >= 11 is 5.86. The maximum atomic E-state index is 12.4. The van der Waals surface area contributed by atoms with E-state index in [1.54, 1.807) is 55.6 Å². The van der Waals surface area contributed by atoms with Crippen molar-refractivity contribution < 1.29 is 9.53 Å². The van der Waals surface area contributed by atoms with Gasteiger partial charge < -0.3 is 15.8 Å². The molecular weight excluding hydrogens is 330 g/mol. The zero-order chi connectivity index (χ0) is 17.1. The van der Waals surface area contributed by atoms with Crippen LogP contribution in [0.1, 0.15) is 10.5 Å². The van der Waals surface area contributed by atoms with E-state index in [2.05, 4.69) is 15.6 Å². The van der Waals surface area contributed by atoms with Gasteiger partial charge in [-0.05, 0) is 36.4 Å². The van der Waals surface area contributed by atoms with Crippen molar-refractivity contribution >= 4 is 29.0 Å². The molecular formula is C16H14ClN5O2. The lowest BCUT2D eigenvalue weighted by molar-refractivity contribution is 0.102. The normalized spacial score (nSPS) is 10.4. The van der Waals surface area contributed by atoms with Gasteiger partial charge in [0.25, 0.3) is 5.91 Å². The van der Waals surface area contributed by atoms with Crippen LogP contribution in [0.2, 0.25) is 5.02 Å². The molecule has 0 aliphatic rings. The van der Waals surface area contributed by atoms with Crippen molar-refractivity contribution in [1.29, 1.82) is 0 Å². The molecule has 3 N–H and O–H groups in total. The van der Waals surface area contributed by atoms with Crippen LogP contribution in [0.3, 0.4) is 0 Å². The molecule has 1 amide bonds. The fraction of sp³-hybridized carbons (Fsp3) is 0.0625. The Morgan fingerprint density at radius 1 is 1.25 bits per heavy atom. The van der Waals surface area contributed by atoms with Gasteiger partial charge >= 0.3 is 0 Å². The number of anilines is 2. The summed E-state index contributed by atoms with van der Waals surface area (Å²) in [5.41, 5.74) is 7.26. The summed E-state index contributed by atoms with van der Waals surface area (Å²) in [6.45, 7) is 0. The number of methoxy groups -OCH3 is 1. The first-order valence-corrected chi connectivity index (χ1v) is 7.39. The molecule has 1 aromatic heterocycles. The number of carbonyl (C=O) groups is 1. The molecule has 24 heavy (non-hydrogen) atoms. The van der Waals surface area contributed by atoms with E-state index >= 15 is 0 Å².